The second-order valence-electron chi connectivity index (χ2n) is 4.67. The van der Waals surface area contributed by atoms with Crippen LogP contribution in [0.4, 0.5) is 13.2 Å². The van der Waals surface area contributed by atoms with Gasteiger partial charge in [-0.25, -0.2) is 0 Å². The zero-order valence-corrected chi connectivity index (χ0v) is 12.4. The van der Waals surface area contributed by atoms with Crippen molar-refractivity contribution in [3.8, 4) is 0 Å². The van der Waals surface area contributed by atoms with E-state index in [-0.39, 0.29) is 19.1 Å². The summed E-state index contributed by atoms with van der Waals surface area (Å²) in [6, 6.07) is 0.107. The van der Waals surface area contributed by atoms with E-state index in [4.69, 9.17) is 4.74 Å². The third kappa shape index (κ3) is 10.0. The first-order chi connectivity index (χ1) is 9.30. The Kier molecular flexibility index (Phi) is 9.58. The van der Waals surface area contributed by atoms with E-state index in [9.17, 15) is 18.0 Å². The van der Waals surface area contributed by atoms with Crippen LogP contribution in [0.3, 0.4) is 0 Å². The van der Waals surface area contributed by atoms with Gasteiger partial charge < -0.3 is 15.0 Å². The molecule has 0 aromatic carbocycles. The Morgan fingerprint density at radius 2 is 2.00 bits per heavy atom. The molecule has 0 saturated carbocycles. The lowest BCUT2D eigenvalue weighted by atomic mass is 10.2. The minimum absolute atomic E-state index is 0.0561. The molecule has 7 heteroatoms. The number of halogens is 3. The first-order valence-electron chi connectivity index (χ1n) is 6.95. The van der Waals surface area contributed by atoms with Crippen LogP contribution in [-0.2, 0) is 9.53 Å². The fourth-order valence-corrected chi connectivity index (χ4v) is 1.53. The quantitative estimate of drug-likeness (QED) is 0.629. The van der Waals surface area contributed by atoms with Crippen molar-refractivity contribution in [3.05, 3.63) is 0 Å². The molecule has 1 unspecified atom stereocenters. The molecule has 120 valence electrons. The van der Waals surface area contributed by atoms with Gasteiger partial charge in [0.2, 0.25) is 5.91 Å². The van der Waals surface area contributed by atoms with Gasteiger partial charge in [-0.1, -0.05) is 6.92 Å². The Hall–Kier alpha value is -0.820. The molecule has 0 heterocycles. The summed E-state index contributed by atoms with van der Waals surface area (Å²) in [7, 11) is 0. The SMILES string of the molecule is CCOCCCN(CC(F)(F)F)C(=O)CNC(C)CC. The van der Waals surface area contributed by atoms with Gasteiger partial charge in [-0.15, -0.1) is 0 Å². The number of carbonyl (C=O) groups excluding carboxylic acids is 1. The van der Waals surface area contributed by atoms with Crippen LogP contribution in [-0.4, -0.2) is 55.9 Å². The van der Waals surface area contributed by atoms with E-state index < -0.39 is 18.6 Å². The molecule has 4 nitrogen and oxygen atoms in total. The summed E-state index contributed by atoms with van der Waals surface area (Å²) >= 11 is 0. The summed E-state index contributed by atoms with van der Waals surface area (Å²) in [5.74, 6) is -0.529. The van der Waals surface area contributed by atoms with Gasteiger partial charge in [-0.3, -0.25) is 4.79 Å². The van der Waals surface area contributed by atoms with Gasteiger partial charge in [0.25, 0.3) is 0 Å². The molecule has 0 aliphatic carbocycles. The number of ether oxygens (including phenoxy) is 1. The van der Waals surface area contributed by atoms with E-state index in [1.54, 1.807) is 0 Å². The lowest BCUT2D eigenvalue weighted by molar-refractivity contribution is -0.161. The molecule has 0 saturated heterocycles. The molecule has 0 rings (SSSR count). The first-order valence-corrected chi connectivity index (χ1v) is 6.95. The third-order valence-electron chi connectivity index (χ3n) is 2.86. The Labute approximate surface area is 118 Å². The maximum atomic E-state index is 12.5. The first kappa shape index (κ1) is 19.2. The van der Waals surface area contributed by atoms with Crippen LogP contribution in [0, 0.1) is 0 Å². The van der Waals surface area contributed by atoms with Crippen LogP contribution in [0.5, 0.6) is 0 Å². The number of nitrogens with one attached hydrogen (secondary N) is 1. The van der Waals surface area contributed by atoms with Crippen molar-refractivity contribution in [2.45, 2.75) is 45.8 Å². The number of amides is 1. The van der Waals surface area contributed by atoms with Crippen molar-refractivity contribution < 1.29 is 22.7 Å². The minimum Gasteiger partial charge on any atom is -0.382 e. The van der Waals surface area contributed by atoms with Gasteiger partial charge in [0.1, 0.15) is 6.54 Å². The predicted molar refractivity (Wildman–Crippen MR) is 71.5 cm³/mol. The Balaban J connectivity index is 4.31. The van der Waals surface area contributed by atoms with Crippen molar-refractivity contribution in [2.24, 2.45) is 0 Å². The second-order valence-corrected chi connectivity index (χ2v) is 4.67. The second kappa shape index (κ2) is 9.99. The van der Waals surface area contributed by atoms with Crippen molar-refractivity contribution in [2.75, 3.05) is 32.8 Å². The summed E-state index contributed by atoms with van der Waals surface area (Å²) in [4.78, 5) is 12.7. The zero-order valence-electron chi connectivity index (χ0n) is 12.4. The van der Waals surface area contributed by atoms with Crippen LogP contribution >= 0.6 is 0 Å². The Bertz CT molecular complexity index is 273. The number of alkyl halides is 3. The zero-order chi connectivity index (χ0) is 15.6. The molecule has 0 radical (unpaired) electrons. The molecule has 0 fully saturated rings. The smallest absolute Gasteiger partial charge is 0.382 e. The van der Waals surface area contributed by atoms with E-state index >= 15 is 0 Å². The summed E-state index contributed by atoms with van der Waals surface area (Å²) in [5, 5.41) is 2.91. The van der Waals surface area contributed by atoms with Crippen molar-refractivity contribution in [1.29, 1.82) is 0 Å². The number of hydrogen-bond donors (Lipinski definition) is 1. The van der Waals surface area contributed by atoms with Crippen LogP contribution in [0.25, 0.3) is 0 Å². The normalized spacial score (nSPS) is 13.3. The van der Waals surface area contributed by atoms with Gasteiger partial charge >= 0.3 is 6.18 Å². The molecule has 1 amide bonds. The van der Waals surface area contributed by atoms with Gasteiger partial charge in [0, 0.05) is 25.8 Å². The molecular weight excluding hydrogens is 273 g/mol. The van der Waals surface area contributed by atoms with Crippen molar-refractivity contribution >= 4 is 5.91 Å². The molecule has 0 bridgehead atoms. The highest BCUT2D eigenvalue weighted by atomic mass is 19.4. The number of nitrogens with zero attached hydrogens (tertiary/aromatic N) is 1. The molecular formula is C13H25F3N2O2. The number of rotatable bonds is 10. The highest BCUT2D eigenvalue weighted by Crippen LogP contribution is 2.16. The average Bonchev–Trinajstić information content (AvgIpc) is 2.37. The van der Waals surface area contributed by atoms with Gasteiger partial charge in [0.15, 0.2) is 0 Å². The molecule has 0 aliphatic heterocycles. The van der Waals surface area contributed by atoms with Gasteiger partial charge in [0.05, 0.1) is 6.54 Å². The van der Waals surface area contributed by atoms with Crippen LogP contribution in [0.15, 0.2) is 0 Å². The molecule has 20 heavy (non-hydrogen) atoms. The number of carbonyl (C=O) groups is 1. The summed E-state index contributed by atoms with van der Waals surface area (Å²) in [6.45, 7) is 5.29. The van der Waals surface area contributed by atoms with Crippen molar-refractivity contribution in [3.63, 3.8) is 0 Å². The fourth-order valence-electron chi connectivity index (χ4n) is 1.53. The molecule has 1 N–H and O–H groups in total. The summed E-state index contributed by atoms with van der Waals surface area (Å²) in [5.41, 5.74) is 0. The fraction of sp³-hybridized carbons (Fsp3) is 0.923. The van der Waals surface area contributed by atoms with Gasteiger partial charge in [-0.2, -0.15) is 13.2 Å². The monoisotopic (exact) mass is 298 g/mol. The van der Waals surface area contributed by atoms with E-state index in [0.29, 0.717) is 19.6 Å². The van der Waals surface area contributed by atoms with Crippen molar-refractivity contribution in [1.82, 2.24) is 10.2 Å². The standard InChI is InChI=1S/C13H25F3N2O2/c1-4-11(3)17-9-12(19)18(10-13(14,15)16)7-6-8-20-5-2/h11,17H,4-10H2,1-3H3. The van der Waals surface area contributed by atoms with Gasteiger partial charge in [-0.05, 0) is 26.7 Å². The molecule has 0 aliphatic rings. The topological polar surface area (TPSA) is 41.6 Å². The lowest BCUT2D eigenvalue weighted by Crippen LogP contribution is -2.45. The number of hydrogen-bond acceptors (Lipinski definition) is 3. The van der Waals surface area contributed by atoms with Crippen LogP contribution < -0.4 is 5.32 Å². The highest BCUT2D eigenvalue weighted by Gasteiger charge is 2.32. The van der Waals surface area contributed by atoms with E-state index in [1.165, 1.54) is 0 Å². The predicted octanol–water partition coefficient (Wildman–Crippen LogP) is 2.19. The average molecular weight is 298 g/mol. The largest absolute Gasteiger partial charge is 0.406 e. The van der Waals surface area contributed by atoms with Crippen LogP contribution in [0.1, 0.15) is 33.6 Å². The summed E-state index contributed by atoms with van der Waals surface area (Å²) in [6.07, 6.45) is -3.16. The third-order valence-corrected chi connectivity index (χ3v) is 2.86. The summed E-state index contributed by atoms with van der Waals surface area (Å²) < 4.78 is 42.5. The molecule has 1 atom stereocenters. The van der Waals surface area contributed by atoms with E-state index in [0.717, 1.165) is 11.3 Å². The Morgan fingerprint density at radius 3 is 2.50 bits per heavy atom. The molecule has 0 aromatic rings. The Morgan fingerprint density at radius 1 is 1.35 bits per heavy atom. The maximum absolute atomic E-state index is 12.5. The maximum Gasteiger partial charge on any atom is 0.406 e. The minimum atomic E-state index is -4.38. The van der Waals surface area contributed by atoms with E-state index in [1.807, 2.05) is 20.8 Å². The molecule has 0 spiro atoms. The lowest BCUT2D eigenvalue weighted by Gasteiger charge is -2.25. The van der Waals surface area contributed by atoms with E-state index in [2.05, 4.69) is 5.32 Å². The van der Waals surface area contributed by atoms with Crippen LogP contribution in [0.2, 0.25) is 0 Å². The molecule has 0 aromatic heterocycles. The highest BCUT2D eigenvalue weighted by molar-refractivity contribution is 5.78.